The fraction of sp³-hybridized carbons (Fsp3) is 0.917. The number of oxime groups is 1. The normalized spacial score (nSPS) is 20.6. The molecular formula is C12H25N3O. The second-order valence-electron chi connectivity index (χ2n) is 4.84. The summed E-state index contributed by atoms with van der Waals surface area (Å²) in [5, 5.41) is 11.8. The molecule has 0 amide bonds. The van der Waals surface area contributed by atoms with Gasteiger partial charge in [-0.25, -0.2) is 0 Å². The van der Waals surface area contributed by atoms with Crippen LogP contribution in [0.4, 0.5) is 0 Å². The monoisotopic (exact) mass is 227 g/mol. The van der Waals surface area contributed by atoms with Crippen LogP contribution in [-0.4, -0.2) is 34.6 Å². The van der Waals surface area contributed by atoms with Crippen molar-refractivity contribution in [2.75, 3.05) is 6.54 Å². The summed E-state index contributed by atoms with van der Waals surface area (Å²) < 4.78 is 0. The molecule has 0 aromatic carbocycles. The van der Waals surface area contributed by atoms with Gasteiger partial charge in [-0.1, -0.05) is 31.3 Å². The third kappa shape index (κ3) is 3.67. The molecule has 1 rings (SSSR count). The Bertz CT molecular complexity index is 224. The lowest BCUT2D eigenvalue weighted by atomic mass is 10.1. The van der Waals surface area contributed by atoms with Crippen molar-refractivity contribution in [2.45, 2.75) is 64.5 Å². The van der Waals surface area contributed by atoms with Crippen LogP contribution < -0.4 is 5.73 Å². The van der Waals surface area contributed by atoms with Gasteiger partial charge in [-0.05, 0) is 26.2 Å². The predicted octanol–water partition coefficient (Wildman–Crippen LogP) is 2.17. The first-order valence-electron chi connectivity index (χ1n) is 6.41. The molecular weight excluding hydrogens is 202 g/mol. The van der Waals surface area contributed by atoms with Crippen LogP contribution >= 0.6 is 0 Å². The van der Waals surface area contributed by atoms with E-state index in [1.54, 1.807) is 0 Å². The average Bonchev–Trinajstić information content (AvgIpc) is 2.78. The van der Waals surface area contributed by atoms with Gasteiger partial charge < -0.3 is 10.9 Å². The second kappa shape index (κ2) is 6.74. The first-order valence-corrected chi connectivity index (χ1v) is 6.41. The number of nitrogens with two attached hydrogens (primary N) is 1. The highest BCUT2D eigenvalue weighted by Gasteiger charge is 2.26. The summed E-state index contributed by atoms with van der Waals surface area (Å²) in [7, 11) is 0. The number of amidine groups is 1. The highest BCUT2D eigenvalue weighted by atomic mass is 16.4. The van der Waals surface area contributed by atoms with Gasteiger partial charge in [0.1, 0.15) is 0 Å². The first kappa shape index (κ1) is 13.3. The van der Waals surface area contributed by atoms with Crippen LogP contribution in [0, 0.1) is 0 Å². The van der Waals surface area contributed by atoms with Gasteiger partial charge in [-0.15, -0.1) is 0 Å². The quantitative estimate of drug-likeness (QED) is 0.316. The Labute approximate surface area is 98.5 Å². The highest BCUT2D eigenvalue weighted by molar-refractivity contribution is 5.81. The van der Waals surface area contributed by atoms with Gasteiger partial charge in [0.2, 0.25) is 0 Å². The van der Waals surface area contributed by atoms with E-state index in [1.807, 2.05) is 0 Å². The molecule has 1 aliphatic rings. The molecule has 1 fully saturated rings. The van der Waals surface area contributed by atoms with Crippen LogP contribution in [-0.2, 0) is 0 Å². The molecule has 16 heavy (non-hydrogen) atoms. The van der Waals surface area contributed by atoms with Crippen molar-refractivity contribution >= 4 is 5.84 Å². The van der Waals surface area contributed by atoms with Crippen LogP contribution in [0.15, 0.2) is 5.16 Å². The Morgan fingerprint density at radius 3 is 2.62 bits per heavy atom. The molecule has 1 aliphatic carbocycles. The minimum Gasteiger partial charge on any atom is -0.409 e. The zero-order chi connectivity index (χ0) is 12.0. The first-order chi connectivity index (χ1) is 7.69. The molecule has 0 heterocycles. The van der Waals surface area contributed by atoms with Crippen molar-refractivity contribution in [3.63, 3.8) is 0 Å². The van der Waals surface area contributed by atoms with Gasteiger partial charge >= 0.3 is 0 Å². The van der Waals surface area contributed by atoms with E-state index in [0.717, 1.165) is 0 Å². The van der Waals surface area contributed by atoms with E-state index in [4.69, 9.17) is 10.9 Å². The van der Waals surface area contributed by atoms with Gasteiger partial charge in [-0.3, -0.25) is 4.90 Å². The predicted molar refractivity (Wildman–Crippen MR) is 66.7 cm³/mol. The lowest BCUT2D eigenvalue weighted by Crippen LogP contribution is -2.45. The van der Waals surface area contributed by atoms with Crippen LogP contribution in [0.3, 0.4) is 0 Å². The minimum atomic E-state index is 0.329. The molecule has 0 saturated heterocycles. The van der Waals surface area contributed by atoms with Gasteiger partial charge in [-0.2, -0.15) is 0 Å². The van der Waals surface area contributed by atoms with Crippen molar-refractivity contribution in [1.29, 1.82) is 0 Å². The summed E-state index contributed by atoms with van der Waals surface area (Å²) in [5.41, 5.74) is 5.63. The zero-order valence-electron chi connectivity index (χ0n) is 10.5. The average molecular weight is 227 g/mol. The van der Waals surface area contributed by atoms with E-state index in [1.165, 1.54) is 38.5 Å². The maximum Gasteiger partial charge on any atom is 0.153 e. The van der Waals surface area contributed by atoms with E-state index < -0.39 is 0 Å². The molecule has 3 N–H and O–H groups in total. The van der Waals surface area contributed by atoms with Gasteiger partial charge in [0.05, 0.1) is 6.54 Å². The Hall–Kier alpha value is -0.770. The SMILES string of the molecule is CCCC(C)N(CC(N)=NO)C1CCCC1. The number of nitrogens with zero attached hydrogens (tertiary/aromatic N) is 2. The largest absolute Gasteiger partial charge is 0.409 e. The second-order valence-corrected chi connectivity index (χ2v) is 4.84. The summed E-state index contributed by atoms with van der Waals surface area (Å²) in [4.78, 5) is 2.41. The standard InChI is InChI=1S/C12H25N3O/c1-3-6-10(2)15(9-12(13)14-16)11-7-4-5-8-11/h10-11,16H,3-9H2,1-2H3,(H2,13,14). The third-order valence-electron chi connectivity index (χ3n) is 3.54. The van der Waals surface area contributed by atoms with E-state index in [2.05, 4.69) is 23.9 Å². The maximum absolute atomic E-state index is 8.67. The zero-order valence-corrected chi connectivity index (χ0v) is 10.5. The Balaban J connectivity index is 2.59. The molecule has 0 spiro atoms. The molecule has 0 bridgehead atoms. The Kier molecular flexibility index (Phi) is 5.60. The van der Waals surface area contributed by atoms with Crippen LogP contribution in [0.1, 0.15) is 52.4 Å². The van der Waals surface area contributed by atoms with Crippen molar-refractivity contribution in [3.05, 3.63) is 0 Å². The summed E-state index contributed by atoms with van der Waals surface area (Å²) in [6.45, 7) is 5.04. The molecule has 1 saturated carbocycles. The molecule has 0 aromatic heterocycles. The Morgan fingerprint density at radius 1 is 1.50 bits per heavy atom. The van der Waals surface area contributed by atoms with Crippen LogP contribution in [0.5, 0.6) is 0 Å². The third-order valence-corrected chi connectivity index (χ3v) is 3.54. The molecule has 1 unspecified atom stereocenters. The van der Waals surface area contributed by atoms with Crippen molar-refractivity contribution in [2.24, 2.45) is 10.9 Å². The number of hydrogen-bond acceptors (Lipinski definition) is 3. The van der Waals surface area contributed by atoms with Gasteiger partial charge in [0.25, 0.3) is 0 Å². The van der Waals surface area contributed by atoms with E-state index in [9.17, 15) is 0 Å². The topological polar surface area (TPSA) is 61.8 Å². The summed E-state index contributed by atoms with van der Waals surface area (Å²) in [5.74, 6) is 0.329. The molecule has 0 aromatic rings. The van der Waals surface area contributed by atoms with Gasteiger partial charge in [0, 0.05) is 12.1 Å². The summed E-state index contributed by atoms with van der Waals surface area (Å²) in [6.07, 6.45) is 7.50. The molecule has 0 aliphatic heterocycles. The van der Waals surface area contributed by atoms with E-state index >= 15 is 0 Å². The maximum atomic E-state index is 8.67. The lowest BCUT2D eigenvalue weighted by molar-refractivity contribution is 0.159. The van der Waals surface area contributed by atoms with Crippen molar-refractivity contribution in [3.8, 4) is 0 Å². The van der Waals surface area contributed by atoms with Crippen LogP contribution in [0.2, 0.25) is 0 Å². The van der Waals surface area contributed by atoms with E-state index in [-0.39, 0.29) is 0 Å². The lowest BCUT2D eigenvalue weighted by Gasteiger charge is -2.34. The minimum absolute atomic E-state index is 0.329. The highest BCUT2D eigenvalue weighted by Crippen LogP contribution is 2.25. The summed E-state index contributed by atoms with van der Waals surface area (Å²) >= 11 is 0. The van der Waals surface area contributed by atoms with E-state index in [0.29, 0.717) is 24.5 Å². The van der Waals surface area contributed by atoms with Crippen molar-refractivity contribution < 1.29 is 5.21 Å². The Morgan fingerprint density at radius 2 is 2.12 bits per heavy atom. The molecule has 94 valence electrons. The number of hydrogen-bond donors (Lipinski definition) is 2. The fourth-order valence-electron chi connectivity index (χ4n) is 2.68. The molecule has 4 heteroatoms. The molecule has 0 radical (unpaired) electrons. The number of rotatable bonds is 6. The van der Waals surface area contributed by atoms with Crippen LogP contribution in [0.25, 0.3) is 0 Å². The molecule has 4 nitrogen and oxygen atoms in total. The molecule has 1 atom stereocenters. The van der Waals surface area contributed by atoms with Gasteiger partial charge in [0.15, 0.2) is 5.84 Å². The fourth-order valence-corrected chi connectivity index (χ4v) is 2.68. The summed E-state index contributed by atoms with van der Waals surface area (Å²) in [6, 6.07) is 1.15. The van der Waals surface area contributed by atoms with Crippen molar-refractivity contribution in [1.82, 2.24) is 4.90 Å². The smallest absolute Gasteiger partial charge is 0.153 e.